The number of ether oxygens (including phenoxy) is 4. The molecule has 1 fully saturated rings. The molecule has 1 amide bonds. The lowest BCUT2D eigenvalue weighted by molar-refractivity contribution is -0.132. The average molecular weight is 538 g/mol. The molecule has 196 valence electrons. The molecule has 1 atom stereocenters. The quantitative estimate of drug-likeness (QED) is 0.253. The zero-order valence-electron chi connectivity index (χ0n) is 20.8. The minimum atomic E-state index is -1.08. The zero-order chi connectivity index (χ0) is 27.1. The Morgan fingerprint density at radius 3 is 2.61 bits per heavy atom. The third-order valence-corrected chi connectivity index (χ3v) is 6.61. The second-order valence-corrected chi connectivity index (χ2v) is 9.10. The number of hydrogen-bond donors (Lipinski definition) is 2. The van der Waals surface area contributed by atoms with Gasteiger partial charge in [-0.1, -0.05) is 17.7 Å². The Kier molecular flexibility index (Phi) is 6.54. The van der Waals surface area contributed by atoms with E-state index in [1.807, 2.05) is 0 Å². The maximum absolute atomic E-state index is 13.5. The number of Topliss-reactive ketones (excluding diaryl/α,β-unsaturated/α-hetero) is 1. The van der Waals surface area contributed by atoms with Crippen molar-refractivity contribution in [3.05, 3.63) is 75.8 Å². The van der Waals surface area contributed by atoms with Crippen LogP contribution in [0.15, 0.2) is 54.1 Å². The van der Waals surface area contributed by atoms with Crippen LogP contribution in [0.4, 0.5) is 5.69 Å². The first kappa shape index (κ1) is 25.3. The van der Waals surface area contributed by atoms with Gasteiger partial charge in [0.25, 0.3) is 11.7 Å². The highest BCUT2D eigenvalue weighted by molar-refractivity contribution is 6.51. The van der Waals surface area contributed by atoms with Gasteiger partial charge in [-0.15, -0.1) is 0 Å². The molecule has 0 saturated carbocycles. The van der Waals surface area contributed by atoms with Gasteiger partial charge in [-0.2, -0.15) is 0 Å². The summed E-state index contributed by atoms with van der Waals surface area (Å²) in [4.78, 5) is 28.3. The maximum Gasteiger partial charge on any atom is 0.300 e. The smallest absolute Gasteiger partial charge is 0.300 e. The number of methoxy groups -OCH3 is 1. The van der Waals surface area contributed by atoms with Gasteiger partial charge in [0.15, 0.2) is 23.0 Å². The van der Waals surface area contributed by atoms with E-state index in [0.717, 1.165) is 0 Å². The van der Waals surface area contributed by atoms with E-state index in [-0.39, 0.29) is 46.8 Å². The highest BCUT2D eigenvalue weighted by Gasteiger charge is 2.47. The molecule has 9 nitrogen and oxygen atoms in total. The second kappa shape index (κ2) is 9.83. The van der Waals surface area contributed by atoms with Crippen LogP contribution in [0.2, 0.25) is 5.02 Å². The van der Waals surface area contributed by atoms with E-state index >= 15 is 0 Å². The first-order valence-electron chi connectivity index (χ1n) is 11.8. The van der Waals surface area contributed by atoms with Crippen molar-refractivity contribution in [2.75, 3.05) is 25.4 Å². The lowest BCUT2D eigenvalue weighted by Gasteiger charge is -2.26. The fourth-order valence-corrected chi connectivity index (χ4v) is 5.03. The predicted octanol–water partition coefficient (Wildman–Crippen LogP) is 5.12. The van der Waals surface area contributed by atoms with Crippen molar-refractivity contribution in [1.82, 2.24) is 0 Å². The van der Waals surface area contributed by atoms with Gasteiger partial charge in [-0.3, -0.25) is 14.5 Å². The number of phenolic OH excluding ortho intramolecular Hbond substituents is 1. The minimum Gasteiger partial charge on any atom is -0.507 e. The van der Waals surface area contributed by atoms with E-state index in [1.165, 1.54) is 24.1 Å². The van der Waals surface area contributed by atoms with Crippen LogP contribution in [0.25, 0.3) is 5.76 Å². The number of anilines is 1. The lowest BCUT2D eigenvalue weighted by Crippen LogP contribution is -2.29. The summed E-state index contributed by atoms with van der Waals surface area (Å²) in [7, 11) is 1.39. The largest absolute Gasteiger partial charge is 0.507 e. The molecule has 10 heteroatoms. The molecule has 5 rings (SSSR count). The molecule has 0 spiro atoms. The van der Waals surface area contributed by atoms with Gasteiger partial charge in [0.1, 0.15) is 11.5 Å². The van der Waals surface area contributed by atoms with Gasteiger partial charge in [-0.25, -0.2) is 0 Å². The van der Waals surface area contributed by atoms with Crippen molar-refractivity contribution in [2.24, 2.45) is 0 Å². The fraction of sp³-hybridized carbons (Fsp3) is 0.214. The number of amides is 1. The Morgan fingerprint density at radius 2 is 1.87 bits per heavy atom. The summed E-state index contributed by atoms with van der Waals surface area (Å²) in [6.45, 7) is 3.85. The van der Waals surface area contributed by atoms with Crippen LogP contribution in [0, 0.1) is 6.92 Å². The Labute approximate surface area is 223 Å². The van der Waals surface area contributed by atoms with E-state index in [1.54, 1.807) is 50.2 Å². The van der Waals surface area contributed by atoms with Crippen LogP contribution in [0.5, 0.6) is 28.7 Å². The number of hydrogen-bond acceptors (Lipinski definition) is 8. The number of fused-ring (bicyclic) bond motifs is 1. The molecule has 2 heterocycles. The molecule has 2 aliphatic rings. The Morgan fingerprint density at radius 1 is 1.11 bits per heavy atom. The third-order valence-electron chi connectivity index (χ3n) is 6.33. The standard InChI is InChI=1S/C28H24ClNO8/c1-4-36-21-11-15(5-7-19(21)31)24-23(25(32)17-9-14(2)10-18(29)27(17)35-3)26(33)28(34)30(24)16-6-8-20-22(12-16)38-13-37-20/h5-12,24,31-32H,4,13H2,1-3H3/b25-23+. The molecule has 2 N–H and O–H groups in total. The van der Waals surface area contributed by atoms with Crippen molar-refractivity contribution >= 4 is 34.7 Å². The number of carbonyl (C=O) groups is 2. The molecule has 0 aromatic heterocycles. The minimum absolute atomic E-state index is 0.0324. The van der Waals surface area contributed by atoms with Crippen LogP contribution in [-0.2, 0) is 9.59 Å². The lowest BCUT2D eigenvalue weighted by atomic mass is 9.94. The zero-order valence-corrected chi connectivity index (χ0v) is 21.5. The number of aromatic hydroxyl groups is 1. The van der Waals surface area contributed by atoms with Gasteiger partial charge in [0.2, 0.25) is 6.79 Å². The van der Waals surface area contributed by atoms with Crippen LogP contribution >= 0.6 is 11.6 Å². The number of ketones is 1. The molecule has 38 heavy (non-hydrogen) atoms. The topological polar surface area (TPSA) is 115 Å². The van der Waals surface area contributed by atoms with Crippen LogP contribution in [0.1, 0.15) is 29.7 Å². The van der Waals surface area contributed by atoms with E-state index in [0.29, 0.717) is 28.3 Å². The summed E-state index contributed by atoms with van der Waals surface area (Å²) in [6.07, 6.45) is 0. The summed E-state index contributed by atoms with van der Waals surface area (Å²) < 4.78 is 21.8. The number of nitrogens with zero attached hydrogens (tertiary/aromatic N) is 1. The molecular weight excluding hydrogens is 514 g/mol. The first-order valence-corrected chi connectivity index (χ1v) is 12.1. The maximum atomic E-state index is 13.5. The average Bonchev–Trinajstić information content (AvgIpc) is 3.46. The van der Waals surface area contributed by atoms with Crippen molar-refractivity contribution in [3.8, 4) is 28.7 Å². The summed E-state index contributed by atoms with van der Waals surface area (Å²) in [5.74, 6) is -1.09. The first-order chi connectivity index (χ1) is 18.2. The SMILES string of the molecule is CCOc1cc(C2/C(=C(\O)c3cc(C)cc(Cl)c3OC)C(=O)C(=O)N2c2ccc3c(c2)OCO3)ccc1O. The number of benzene rings is 3. The fourth-order valence-electron chi connectivity index (χ4n) is 4.68. The summed E-state index contributed by atoms with van der Waals surface area (Å²) in [5.41, 5.74) is 1.46. The normalized spacial score (nSPS) is 17.7. The summed E-state index contributed by atoms with van der Waals surface area (Å²) in [5, 5.41) is 22.1. The Hall–Kier alpha value is -4.37. The predicted molar refractivity (Wildman–Crippen MR) is 139 cm³/mol. The van der Waals surface area contributed by atoms with Gasteiger partial charge in [0, 0.05) is 11.8 Å². The van der Waals surface area contributed by atoms with Crippen LogP contribution < -0.4 is 23.8 Å². The van der Waals surface area contributed by atoms with Crippen LogP contribution in [0.3, 0.4) is 0 Å². The van der Waals surface area contributed by atoms with Crippen molar-refractivity contribution in [2.45, 2.75) is 19.9 Å². The van der Waals surface area contributed by atoms with Crippen molar-refractivity contribution in [1.29, 1.82) is 0 Å². The highest BCUT2D eigenvalue weighted by atomic mass is 35.5. The van der Waals surface area contributed by atoms with Gasteiger partial charge in [0.05, 0.1) is 35.9 Å². The van der Waals surface area contributed by atoms with Crippen LogP contribution in [-0.4, -0.2) is 42.4 Å². The molecule has 0 bridgehead atoms. The van der Waals surface area contributed by atoms with Crippen molar-refractivity contribution < 1.29 is 38.7 Å². The molecule has 3 aromatic rings. The highest BCUT2D eigenvalue weighted by Crippen LogP contribution is 2.47. The molecule has 1 saturated heterocycles. The van der Waals surface area contributed by atoms with Crippen molar-refractivity contribution in [3.63, 3.8) is 0 Å². The molecule has 3 aromatic carbocycles. The number of rotatable bonds is 6. The number of aryl methyl sites for hydroxylation is 1. The molecule has 2 aliphatic heterocycles. The number of halogens is 1. The molecule has 0 radical (unpaired) electrons. The monoisotopic (exact) mass is 537 g/mol. The van der Waals surface area contributed by atoms with E-state index in [4.69, 9.17) is 30.5 Å². The molecular formula is C28H24ClNO8. The summed E-state index contributed by atoms with van der Waals surface area (Å²) in [6, 6.07) is 11.5. The molecule has 1 unspecified atom stereocenters. The second-order valence-electron chi connectivity index (χ2n) is 8.69. The van der Waals surface area contributed by atoms with E-state index in [2.05, 4.69) is 0 Å². The third kappa shape index (κ3) is 4.14. The van der Waals surface area contributed by atoms with Gasteiger partial charge < -0.3 is 29.2 Å². The number of phenols is 1. The number of aliphatic hydroxyl groups excluding tert-OH is 1. The Bertz CT molecular complexity index is 1500. The molecule has 0 aliphatic carbocycles. The van der Waals surface area contributed by atoms with E-state index in [9.17, 15) is 19.8 Å². The van der Waals surface area contributed by atoms with Gasteiger partial charge in [-0.05, 0) is 61.4 Å². The van der Waals surface area contributed by atoms with Gasteiger partial charge >= 0.3 is 0 Å². The number of carbonyl (C=O) groups excluding carboxylic acids is 2. The van der Waals surface area contributed by atoms with E-state index < -0.39 is 23.5 Å². The Balaban J connectivity index is 1.77. The summed E-state index contributed by atoms with van der Waals surface area (Å²) >= 11 is 6.36. The number of aliphatic hydroxyl groups is 1.